The largest absolute Gasteiger partial charge is 0.468 e. The first-order valence-corrected chi connectivity index (χ1v) is 4.42. The lowest BCUT2D eigenvalue weighted by molar-refractivity contribution is 0.499. The van der Waals surface area contributed by atoms with Gasteiger partial charge in [-0.15, -0.1) is 0 Å². The third-order valence-corrected chi connectivity index (χ3v) is 1.57. The van der Waals surface area contributed by atoms with Crippen LogP contribution in [0.1, 0.15) is 5.76 Å². The Bertz CT molecular complexity index is 302. The molecule has 0 amide bonds. The van der Waals surface area contributed by atoms with E-state index in [0.29, 0.717) is 5.76 Å². The van der Waals surface area contributed by atoms with Crippen LogP contribution in [0, 0.1) is 0 Å². The highest BCUT2D eigenvalue weighted by Crippen LogP contribution is 1.98. The van der Waals surface area contributed by atoms with Crippen molar-refractivity contribution in [2.75, 3.05) is 0 Å². The van der Waals surface area contributed by atoms with E-state index in [1.54, 1.807) is 12.1 Å². The van der Waals surface area contributed by atoms with E-state index < -0.39 is 10.2 Å². The molecule has 0 radical (unpaired) electrons. The van der Waals surface area contributed by atoms with Crippen molar-refractivity contribution in [2.45, 2.75) is 6.54 Å². The molecule has 0 aliphatic carbocycles. The second-order valence-corrected chi connectivity index (χ2v) is 3.32. The normalized spacial score (nSPS) is 11.7. The molecule has 1 heterocycles. The predicted molar refractivity (Wildman–Crippen MR) is 38.7 cm³/mol. The average molecular weight is 176 g/mol. The summed E-state index contributed by atoms with van der Waals surface area (Å²) in [5, 5.41) is 4.67. The maximum absolute atomic E-state index is 10.4. The van der Waals surface area contributed by atoms with Gasteiger partial charge in [0.05, 0.1) is 12.8 Å². The van der Waals surface area contributed by atoms with Crippen LogP contribution in [0.15, 0.2) is 22.8 Å². The second-order valence-electron chi connectivity index (χ2n) is 1.95. The Morgan fingerprint density at radius 3 is 2.82 bits per heavy atom. The lowest BCUT2D eigenvalue weighted by Crippen LogP contribution is -2.29. The van der Waals surface area contributed by atoms with Gasteiger partial charge in [-0.25, -0.2) is 5.14 Å². The summed E-state index contributed by atoms with van der Waals surface area (Å²) in [6.07, 6.45) is 1.46. The Morgan fingerprint density at radius 2 is 2.36 bits per heavy atom. The van der Waals surface area contributed by atoms with Crippen molar-refractivity contribution < 1.29 is 12.8 Å². The summed E-state index contributed by atoms with van der Waals surface area (Å²) >= 11 is 0. The molecule has 1 rings (SSSR count). The average Bonchev–Trinajstić information content (AvgIpc) is 2.32. The SMILES string of the molecule is NS(=O)(=O)NCc1ccco1. The Balaban J connectivity index is 2.48. The van der Waals surface area contributed by atoms with E-state index in [1.165, 1.54) is 6.26 Å². The van der Waals surface area contributed by atoms with Crippen molar-refractivity contribution in [1.82, 2.24) is 4.72 Å². The molecule has 1 aromatic heterocycles. The third-order valence-electron chi connectivity index (χ3n) is 1.03. The van der Waals surface area contributed by atoms with Crippen LogP contribution in [0.4, 0.5) is 0 Å². The highest BCUT2D eigenvalue weighted by Gasteiger charge is 2.01. The maximum Gasteiger partial charge on any atom is 0.274 e. The van der Waals surface area contributed by atoms with Crippen molar-refractivity contribution >= 4 is 10.2 Å². The zero-order valence-corrected chi connectivity index (χ0v) is 6.47. The number of nitrogens with one attached hydrogen (secondary N) is 1. The summed E-state index contributed by atoms with van der Waals surface area (Å²) in [7, 11) is -3.61. The number of rotatable bonds is 3. The molecule has 0 bridgehead atoms. The van der Waals surface area contributed by atoms with Gasteiger partial charge in [0, 0.05) is 0 Å². The Hall–Kier alpha value is -0.850. The topological polar surface area (TPSA) is 85.3 Å². The number of nitrogens with two attached hydrogens (primary N) is 1. The lowest BCUT2D eigenvalue weighted by atomic mass is 10.5. The molecule has 6 heteroatoms. The monoisotopic (exact) mass is 176 g/mol. The van der Waals surface area contributed by atoms with Gasteiger partial charge in [-0.3, -0.25) is 0 Å². The first-order valence-electron chi connectivity index (χ1n) is 2.88. The van der Waals surface area contributed by atoms with Gasteiger partial charge in [0.1, 0.15) is 5.76 Å². The van der Waals surface area contributed by atoms with Gasteiger partial charge >= 0.3 is 0 Å². The van der Waals surface area contributed by atoms with E-state index in [-0.39, 0.29) is 6.54 Å². The minimum atomic E-state index is -3.61. The molecule has 0 aromatic carbocycles. The summed E-state index contributed by atoms with van der Waals surface area (Å²) in [5.41, 5.74) is 0. The van der Waals surface area contributed by atoms with Crippen LogP contribution in [0.5, 0.6) is 0 Å². The number of furan rings is 1. The van der Waals surface area contributed by atoms with Crippen molar-refractivity contribution in [3.63, 3.8) is 0 Å². The van der Waals surface area contributed by atoms with E-state index in [1.807, 2.05) is 0 Å². The number of hydrogen-bond acceptors (Lipinski definition) is 3. The summed E-state index contributed by atoms with van der Waals surface area (Å²) in [5.74, 6) is 0.527. The Kier molecular flexibility index (Phi) is 2.28. The molecular formula is C5H8N2O3S. The van der Waals surface area contributed by atoms with Gasteiger partial charge in [-0.2, -0.15) is 13.1 Å². The maximum atomic E-state index is 10.4. The molecule has 0 unspecified atom stereocenters. The fourth-order valence-corrected chi connectivity index (χ4v) is 0.928. The van der Waals surface area contributed by atoms with Crippen LogP contribution in [0.25, 0.3) is 0 Å². The zero-order valence-electron chi connectivity index (χ0n) is 5.65. The molecule has 3 N–H and O–H groups in total. The van der Waals surface area contributed by atoms with Gasteiger partial charge in [-0.1, -0.05) is 0 Å². The van der Waals surface area contributed by atoms with Gasteiger partial charge in [0.2, 0.25) is 0 Å². The van der Waals surface area contributed by atoms with Gasteiger partial charge < -0.3 is 4.42 Å². The molecule has 0 saturated heterocycles. The second kappa shape index (κ2) is 3.04. The highest BCUT2D eigenvalue weighted by atomic mass is 32.2. The Morgan fingerprint density at radius 1 is 1.64 bits per heavy atom. The molecule has 5 nitrogen and oxygen atoms in total. The van der Waals surface area contributed by atoms with Crippen molar-refractivity contribution in [1.29, 1.82) is 0 Å². The molecule has 0 atom stereocenters. The summed E-state index contributed by atoms with van der Waals surface area (Å²) in [6, 6.07) is 3.32. The van der Waals surface area contributed by atoms with Crippen LogP contribution >= 0.6 is 0 Å². The van der Waals surface area contributed by atoms with Gasteiger partial charge in [-0.05, 0) is 12.1 Å². The molecule has 62 valence electrons. The molecular weight excluding hydrogens is 168 g/mol. The lowest BCUT2D eigenvalue weighted by Gasteiger charge is -1.96. The molecule has 0 aliphatic rings. The van der Waals surface area contributed by atoms with E-state index in [0.717, 1.165) is 0 Å². The summed E-state index contributed by atoms with van der Waals surface area (Å²) in [6.45, 7) is 0.0891. The van der Waals surface area contributed by atoms with Crippen LogP contribution in [0.3, 0.4) is 0 Å². The van der Waals surface area contributed by atoms with E-state index >= 15 is 0 Å². The summed E-state index contributed by atoms with van der Waals surface area (Å²) in [4.78, 5) is 0. The predicted octanol–water partition coefficient (Wildman–Crippen LogP) is -0.427. The van der Waals surface area contributed by atoms with E-state index in [4.69, 9.17) is 4.42 Å². The minimum absolute atomic E-state index is 0.0891. The summed E-state index contributed by atoms with van der Waals surface area (Å²) < 4.78 is 27.6. The van der Waals surface area contributed by atoms with Crippen molar-refractivity contribution in [2.24, 2.45) is 5.14 Å². The standard InChI is InChI=1S/C5H8N2O3S/c6-11(8,9)7-4-5-2-1-3-10-5/h1-3,7H,4H2,(H2,6,8,9). The Labute approximate surface area is 64.4 Å². The van der Waals surface area contributed by atoms with Crippen LogP contribution < -0.4 is 9.86 Å². The van der Waals surface area contributed by atoms with Crippen molar-refractivity contribution in [3.05, 3.63) is 24.2 Å². The molecule has 0 fully saturated rings. The molecule has 0 aliphatic heterocycles. The third kappa shape index (κ3) is 3.17. The smallest absolute Gasteiger partial charge is 0.274 e. The van der Waals surface area contributed by atoms with E-state index in [9.17, 15) is 8.42 Å². The first kappa shape index (κ1) is 8.25. The van der Waals surface area contributed by atoms with Crippen LogP contribution in [0.2, 0.25) is 0 Å². The highest BCUT2D eigenvalue weighted by molar-refractivity contribution is 7.87. The van der Waals surface area contributed by atoms with Crippen molar-refractivity contribution in [3.8, 4) is 0 Å². The molecule has 0 spiro atoms. The zero-order chi connectivity index (χ0) is 8.32. The number of hydrogen-bond donors (Lipinski definition) is 2. The minimum Gasteiger partial charge on any atom is -0.468 e. The molecule has 11 heavy (non-hydrogen) atoms. The quantitative estimate of drug-likeness (QED) is 0.655. The van der Waals surface area contributed by atoms with Gasteiger partial charge in [0.25, 0.3) is 10.2 Å². The first-order chi connectivity index (χ1) is 5.08. The van der Waals surface area contributed by atoms with Gasteiger partial charge in [0.15, 0.2) is 0 Å². The molecule has 0 saturated carbocycles. The van der Waals surface area contributed by atoms with Crippen LogP contribution in [-0.4, -0.2) is 8.42 Å². The molecule has 1 aromatic rings. The van der Waals surface area contributed by atoms with Crippen LogP contribution in [-0.2, 0) is 16.8 Å². The fraction of sp³-hybridized carbons (Fsp3) is 0.200. The van der Waals surface area contributed by atoms with E-state index in [2.05, 4.69) is 9.86 Å². The fourth-order valence-electron chi connectivity index (χ4n) is 0.585.